The van der Waals surface area contributed by atoms with Gasteiger partial charge in [-0.05, 0) is 36.8 Å². The van der Waals surface area contributed by atoms with Crippen LogP contribution in [-0.4, -0.2) is 7.11 Å². The van der Waals surface area contributed by atoms with Gasteiger partial charge in [0.2, 0.25) is 0 Å². The van der Waals surface area contributed by atoms with E-state index in [2.05, 4.69) is 31.2 Å². The summed E-state index contributed by atoms with van der Waals surface area (Å²) in [6.45, 7) is 2.76. The van der Waals surface area contributed by atoms with Crippen LogP contribution in [0, 0.1) is 6.92 Å². The van der Waals surface area contributed by atoms with Crippen molar-refractivity contribution in [2.75, 3.05) is 12.1 Å². The van der Waals surface area contributed by atoms with E-state index in [-0.39, 0.29) is 0 Å². The Morgan fingerprint density at radius 1 is 1.00 bits per heavy atom. The lowest BCUT2D eigenvalue weighted by molar-refractivity contribution is 0.415. The van der Waals surface area contributed by atoms with Crippen molar-refractivity contribution in [3.05, 3.63) is 59.7 Å². The summed E-state index contributed by atoms with van der Waals surface area (Å²) in [6, 6.07) is 16.1. The predicted octanol–water partition coefficient (Wildman–Crippen LogP) is 2.88. The van der Waals surface area contributed by atoms with Gasteiger partial charge in [-0.2, -0.15) is 0 Å². The van der Waals surface area contributed by atoms with E-state index in [0.29, 0.717) is 6.54 Å². The first-order valence-corrected chi connectivity index (χ1v) is 5.91. The molecule has 2 N–H and O–H groups in total. The number of hydrogen-bond donors (Lipinski definition) is 1. The molecule has 0 aliphatic heterocycles. The number of benzene rings is 2. The lowest BCUT2D eigenvalue weighted by Crippen LogP contribution is -2.29. The molecular weight excluding hydrogens is 224 g/mol. The van der Waals surface area contributed by atoms with Gasteiger partial charge in [0, 0.05) is 0 Å². The van der Waals surface area contributed by atoms with Gasteiger partial charge in [-0.3, -0.25) is 0 Å². The lowest BCUT2D eigenvalue weighted by atomic mass is 10.1. The van der Waals surface area contributed by atoms with E-state index >= 15 is 0 Å². The number of aryl methyl sites for hydroxylation is 1. The Labute approximate surface area is 108 Å². The quantitative estimate of drug-likeness (QED) is 0.662. The van der Waals surface area contributed by atoms with Crippen LogP contribution in [-0.2, 0) is 6.54 Å². The average Bonchev–Trinajstić information content (AvgIpc) is 2.41. The molecule has 0 saturated heterocycles. The third-order valence-corrected chi connectivity index (χ3v) is 2.88. The van der Waals surface area contributed by atoms with Crippen molar-refractivity contribution in [3.63, 3.8) is 0 Å². The van der Waals surface area contributed by atoms with Crippen molar-refractivity contribution in [1.82, 2.24) is 0 Å². The zero-order chi connectivity index (χ0) is 13.0. The normalized spacial score (nSPS) is 10.2. The van der Waals surface area contributed by atoms with Gasteiger partial charge in [0.05, 0.1) is 19.3 Å². The van der Waals surface area contributed by atoms with E-state index in [9.17, 15) is 0 Å². The summed E-state index contributed by atoms with van der Waals surface area (Å²) in [6.07, 6.45) is 0. The van der Waals surface area contributed by atoms with Gasteiger partial charge in [-0.1, -0.05) is 29.8 Å². The molecule has 2 rings (SSSR count). The van der Waals surface area contributed by atoms with Crippen molar-refractivity contribution < 1.29 is 4.74 Å². The third kappa shape index (κ3) is 3.02. The summed E-state index contributed by atoms with van der Waals surface area (Å²) in [5.74, 6) is 6.88. The molecule has 0 aromatic heterocycles. The largest absolute Gasteiger partial charge is 0.497 e. The van der Waals surface area contributed by atoms with Gasteiger partial charge in [0.15, 0.2) is 0 Å². The van der Waals surface area contributed by atoms with Crippen LogP contribution in [0.4, 0.5) is 5.69 Å². The fourth-order valence-electron chi connectivity index (χ4n) is 1.76. The fourth-order valence-corrected chi connectivity index (χ4v) is 1.76. The van der Waals surface area contributed by atoms with Crippen LogP contribution in [0.3, 0.4) is 0 Å². The van der Waals surface area contributed by atoms with Crippen LogP contribution >= 0.6 is 0 Å². The zero-order valence-corrected chi connectivity index (χ0v) is 10.8. The monoisotopic (exact) mass is 242 g/mol. The Hall–Kier alpha value is -2.00. The number of hydrogen-bond acceptors (Lipinski definition) is 3. The van der Waals surface area contributed by atoms with E-state index in [4.69, 9.17) is 10.6 Å². The van der Waals surface area contributed by atoms with Gasteiger partial charge in [0.1, 0.15) is 5.75 Å². The maximum atomic E-state index is 6.05. The van der Waals surface area contributed by atoms with Crippen LogP contribution in [0.15, 0.2) is 48.5 Å². The molecule has 0 atom stereocenters. The van der Waals surface area contributed by atoms with Crippen molar-refractivity contribution in [2.24, 2.45) is 5.84 Å². The van der Waals surface area contributed by atoms with Crippen LogP contribution in [0.5, 0.6) is 5.75 Å². The number of hydrazine groups is 1. The van der Waals surface area contributed by atoms with Gasteiger partial charge in [-0.25, -0.2) is 5.84 Å². The van der Waals surface area contributed by atoms with Gasteiger partial charge in [0.25, 0.3) is 0 Å². The van der Waals surface area contributed by atoms with Crippen molar-refractivity contribution in [3.8, 4) is 5.75 Å². The van der Waals surface area contributed by atoms with Crippen LogP contribution in [0.25, 0.3) is 0 Å². The van der Waals surface area contributed by atoms with E-state index in [0.717, 1.165) is 11.4 Å². The molecule has 94 valence electrons. The second-order valence-electron chi connectivity index (χ2n) is 4.31. The number of nitrogens with zero attached hydrogens (tertiary/aromatic N) is 1. The summed E-state index contributed by atoms with van der Waals surface area (Å²) in [5, 5.41) is 1.73. The number of ether oxygens (including phenoxy) is 1. The molecule has 18 heavy (non-hydrogen) atoms. The Bertz CT molecular complexity index is 491. The number of rotatable bonds is 4. The summed E-state index contributed by atoms with van der Waals surface area (Å²) in [4.78, 5) is 0. The molecule has 0 unspecified atom stereocenters. The first-order valence-electron chi connectivity index (χ1n) is 5.91. The first kappa shape index (κ1) is 12.5. The molecule has 0 radical (unpaired) electrons. The SMILES string of the molecule is COc1ccc(N(N)Cc2ccc(C)cc2)cc1. The minimum absolute atomic E-state index is 0.687. The molecule has 0 heterocycles. The smallest absolute Gasteiger partial charge is 0.119 e. The number of anilines is 1. The number of methoxy groups -OCH3 is 1. The van der Waals surface area contributed by atoms with Crippen LogP contribution in [0.1, 0.15) is 11.1 Å². The molecule has 0 bridgehead atoms. The Kier molecular flexibility index (Phi) is 3.85. The molecule has 0 aliphatic rings. The first-order chi connectivity index (χ1) is 8.69. The van der Waals surface area contributed by atoms with E-state index in [1.165, 1.54) is 11.1 Å². The molecule has 2 aromatic carbocycles. The second kappa shape index (κ2) is 5.56. The van der Waals surface area contributed by atoms with Gasteiger partial charge in [-0.15, -0.1) is 0 Å². The summed E-state index contributed by atoms with van der Waals surface area (Å²) in [7, 11) is 1.65. The van der Waals surface area contributed by atoms with Gasteiger partial charge < -0.3 is 9.75 Å². The molecular formula is C15H18N2O. The van der Waals surface area contributed by atoms with Crippen LogP contribution in [0.2, 0.25) is 0 Å². The molecule has 3 heteroatoms. The highest BCUT2D eigenvalue weighted by atomic mass is 16.5. The highest BCUT2D eigenvalue weighted by Gasteiger charge is 2.03. The average molecular weight is 242 g/mol. The highest BCUT2D eigenvalue weighted by Crippen LogP contribution is 2.18. The third-order valence-electron chi connectivity index (χ3n) is 2.88. The maximum Gasteiger partial charge on any atom is 0.119 e. The van der Waals surface area contributed by atoms with Crippen molar-refractivity contribution in [1.29, 1.82) is 0 Å². The molecule has 2 aromatic rings. The Morgan fingerprint density at radius 3 is 2.17 bits per heavy atom. The van der Waals surface area contributed by atoms with E-state index in [1.807, 2.05) is 24.3 Å². The van der Waals surface area contributed by atoms with Crippen LogP contribution < -0.4 is 15.6 Å². The lowest BCUT2D eigenvalue weighted by Gasteiger charge is -2.19. The number of nitrogens with two attached hydrogens (primary N) is 1. The van der Waals surface area contributed by atoms with E-state index < -0.39 is 0 Å². The van der Waals surface area contributed by atoms with Crippen molar-refractivity contribution >= 4 is 5.69 Å². The fraction of sp³-hybridized carbons (Fsp3) is 0.200. The molecule has 0 fully saturated rings. The molecule has 0 saturated carbocycles. The second-order valence-corrected chi connectivity index (χ2v) is 4.31. The van der Waals surface area contributed by atoms with E-state index in [1.54, 1.807) is 12.1 Å². The molecule has 0 spiro atoms. The standard InChI is InChI=1S/C15H18N2O/c1-12-3-5-13(6-4-12)11-17(16)14-7-9-15(18-2)10-8-14/h3-10H,11,16H2,1-2H3. The molecule has 3 nitrogen and oxygen atoms in total. The van der Waals surface area contributed by atoms with Gasteiger partial charge >= 0.3 is 0 Å². The molecule has 0 amide bonds. The maximum absolute atomic E-state index is 6.05. The zero-order valence-electron chi connectivity index (χ0n) is 10.8. The minimum atomic E-state index is 0.687. The van der Waals surface area contributed by atoms with Crippen molar-refractivity contribution in [2.45, 2.75) is 13.5 Å². The molecule has 0 aliphatic carbocycles. The Balaban J connectivity index is 2.06. The topological polar surface area (TPSA) is 38.5 Å². The predicted molar refractivity (Wildman–Crippen MR) is 74.5 cm³/mol. The summed E-state index contributed by atoms with van der Waals surface area (Å²) >= 11 is 0. The Morgan fingerprint density at radius 2 is 1.61 bits per heavy atom. The summed E-state index contributed by atoms with van der Waals surface area (Å²) in [5.41, 5.74) is 3.42. The summed E-state index contributed by atoms with van der Waals surface area (Å²) < 4.78 is 5.12. The highest BCUT2D eigenvalue weighted by molar-refractivity contribution is 5.48. The minimum Gasteiger partial charge on any atom is -0.497 e.